The molecular formula is C28H38N2O4. The molecule has 0 spiro atoms. The molecule has 184 valence electrons. The molecule has 1 aliphatic heterocycles. The van der Waals surface area contributed by atoms with E-state index in [1.807, 2.05) is 50.2 Å². The summed E-state index contributed by atoms with van der Waals surface area (Å²) in [7, 11) is 0. The largest absolute Gasteiger partial charge is 0.490 e. The third kappa shape index (κ3) is 6.31. The maximum atomic E-state index is 13.3. The van der Waals surface area contributed by atoms with Gasteiger partial charge in [0.25, 0.3) is 5.91 Å². The molecule has 1 aliphatic rings. The first-order valence-corrected chi connectivity index (χ1v) is 12.0. The van der Waals surface area contributed by atoms with Gasteiger partial charge in [0.2, 0.25) is 5.91 Å². The second kappa shape index (κ2) is 10.1. The molecule has 0 unspecified atom stereocenters. The maximum absolute atomic E-state index is 13.3. The Kier molecular flexibility index (Phi) is 7.59. The number of benzene rings is 2. The SMILES string of the molecule is CC(C)CCN1C(=O)C(C)(C)COc2ccc(NC(=O)COc3ccc(C(C)(C)C)cc3)cc21. The summed E-state index contributed by atoms with van der Waals surface area (Å²) in [4.78, 5) is 27.6. The summed E-state index contributed by atoms with van der Waals surface area (Å²) >= 11 is 0. The minimum Gasteiger partial charge on any atom is -0.490 e. The number of amides is 2. The van der Waals surface area contributed by atoms with Crippen molar-refractivity contribution in [3.8, 4) is 11.5 Å². The number of anilines is 2. The van der Waals surface area contributed by atoms with Crippen molar-refractivity contribution in [2.24, 2.45) is 11.3 Å². The molecule has 2 aromatic rings. The van der Waals surface area contributed by atoms with Gasteiger partial charge in [0.05, 0.1) is 11.1 Å². The van der Waals surface area contributed by atoms with Gasteiger partial charge >= 0.3 is 0 Å². The average molecular weight is 467 g/mol. The van der Waals surface area contributed by atoms with E-state index < -0.39 is 5.41 Å². The minimum absolute atomic E-state index is 0.0254. The van der Waals surface area contributed by atoms with Crippen LogP contribution in [-0.2, 0) is 15.0 Å². The van der Waals surface area contributed by atoms with E-state index in [4.69, 9.17) is 9.47 Å². The van der Waals surface area contributed by atoms with E-state index in [2.05, 4.69) is 39.9 Å². The summed E-state index contributed by atoms with van der Waals surface area (Å²) in [5, 5.41) is 2.88. The predicted molar refractivity (Wildman–Crippen MR) is 137 cm³/mol. The lowest BCUT2D eigenvalue weighted by Crippen LogP contribution is -2.42. The lowest BCUT2D eigenvalue weighted by atomic mass is 9.87. The van der Waals surface area contributed by atoms with Crippen LogP contribution in [0.1, 0.15) is 60.5 Å². The first kappa shape index (κ1) is 25.6. The quantitative estimate of drug-likeness (QED) is 0.560. The van der Waals surface area contributed by atoms with Crippen LogP contribution in [0, 0.1) is 11.3 Å². The van der Waals surface area contributed by atoms with E-state index in [1.165, 1.54) is 5.56 Å². The highest BCUT2D eigenvalue weighted by atomic mass is 16.5. The van der Waals surface area contributed by atoms with Gasteiger partial charge in [0.15, 0.2) is 6.61 Å². The van der Waals surface area contributed by atoms with Crippen LogP contribution in [0.2, 0.25) is 0 Å². The van der Waals surface area contributed by atoms with Gasteiger partial charge in [-0.1, -0.05) is 46.8 Å². The number of nitrogens with zero attached hydrogens (tertiary/aromatic N) is 1. The van der Waals surface area contributed by atoms with E-state index in [0.717, 1.165) is 6.42 Å². The lowest BCUT2D eigenvalue weighted by molar-refractivity contribution is -0.127. The zero-order chi connectivity index (χ0) is 25.1. The Bertz CT molecular complexity index is 1020. The molecule has 2 amide bonds. The number of carbonyl (C=O) groups excluding carboxylic acids is 2. The second-order valence-electron chi connectivity index (χ2n) is 11.1. The van der Waals surface area contributed by atoms with Gasteiger partial charge in [-0.05, 0) is 67.5 Å². The smallest absolute Gasteiger partial charge is 0.262 e. The first-order chi connectivity index (χ1) is 15.9. The fraction of sp³-hybridized carbons (Fsp3) is 0.500. The molecule has 0 atom stereocenters. The number of nitrogens with one attached hydrogen (secondary N) is 1. The summed E-state index contributed by atoms with van der Waals surface area (Å²) in [6.45, 7) is 15.3. The van der Waals surface area contributed by atoms with E-state index in [0.29, 0.717) is 41.9 Å². The summed E-state index contributed by atoms with van der Waals surface area (Å²) in [6.07, 6.45) is 0.875. The molecule has 1 N–H and O–H groups in total. The number of rotatable bonds is 7. The van der Waals surface area contributed by atoms with Gasteiger partial charge in [0.1, 0.15) is 18.1 Å². The molecule has 1 heterocycles. The molecule has 0 radical (unpaired) electrons. The van der Waals surface area contributed by atoms with Crippen molar-refractivity contribution < 1.29 is 19.1 Å². The Hall–Kier alpha value is -3.02. The van der Waals surface area contributed by atoms with E-state index in [-0.39, 0.29) is 23.8 Å². The highest BCUT2D eigenvalue weighted by molar-refractivity contribution is 6.00. The van der Waals surface area contributed by atoms with Gasteiger partial charge in [-0.3, -0.25) is 9.59 Å². The van der Waals surface area contributed by atoms with Gasteiger partial charge in [0, 0.05) is 12.2 Å². The Morgan fingerprint density at radius 3 is 2.44 bits per heavy atom. The zero-order valence-electron chi connectivity index (χ0n) is 21.5. The molecule has 0 fully saturated rings. The highest BCUT2D eigenvalue weighted by Gasteiger charge is 2.37. The number of ether oxygens (including phenoxy) is 2. The molecule has 0 saturated heterocycles. The van der Waals surface area contributed by atoms with Gasteiger partial charge in [-0.25, -0.2) is 0 Å². The fourth-order valence-corrected chi connectivity index (χ4v) is 3.73. The van der Waals surface area contributed by atoms with Crippen LogP contribution in [0.4, 0.5) is 11.4 Å². The average Bonchev–Trinajstić information content (AvgIpc) is 2.85. The lowest BCUT2D eigenvalue weighted by Gasteiger charge is -2.28. The third-order valence-electron chi connectivity index (χ3n) is 5.97. The number of fused-ring (bicyclic) bond motifs is 1. The number of carbonyl (C=O) groups is 2. The van der Waals surface area contributed by atoms with Crippen molar-refractivity contribution in [2.45, 2.75) is 60.3 Å². The van der Waals surface area contributed by atoms with Crippen molar-refractivity contribution in [1.29, 1.82) is 0 Å². The van der Waals surface area contributed by atoms with Crippen LogP contribution < -0.4 is 19.7 Å². The van der Waals surface area contributed by atoms with Crippen LogP contribution in [-0.4, -0.2) is 31.6 Å². The van der Waals surface area contributed by atoms with Crippen molar-refractivity contribution >= 4 is 23.2 Å². The van der Waals surface area contributed by atoms with Gasteiger partial charge in [-0.15, -0.1) is 0 Å². The third-order valence-corrected chi connectivity index (χ3v) is 5.97. The Balaban J connectivity index is 1.71. The molecule has 0 saturated carbocycles. The second-order valence-corrected chi connectivity index (χ2v) is 11.1. The van der Waals surface area contributed by atoms with E-state index in [9.17, 15) is 9.59 Å². The molecule has 3 rings (SSSR count). The minimum atomic E-state index is -0.629. The number of hydrogen-bond acceptors (Lipinski definition) is 4. The molecule has 0 aliphatic carbocycles. The molecular weight excluding hydrogens is 428 g/mol. The standard InChI is InChI=1S/C28H38N2O4/c1-19(2)14-15-30-23-16-21(10-13-24(23)34-18-28(6,7)26(30)32)29-25(31)17-33-22-11-8-20(9-12-22)27(3,4)5/h8-13,16,19H,14-15,17-18H2,1-7H3,(H,29,31). The topological polar surface area (TPSA) is 67.9 Å². The Morgan fingerprint density at radius 1 is 1.15 bits per heavy atom. The van der Waals surface area contributed by atoms with Crippen molar-refractivity contribution in [3.63, 3.8) is 0 Å². The van der Waals surface area contributed by atoms with Crippen LogP contribution >= 0.6 is 0 Å². The van der Waals surface area contributed by atoms with Crippen LogP contribution in [0.15, 0.2) is 42.5 Å². The summed E-state index contributed by atoms with van der Waals surface area (Å²) in [5.41, 5.74) is 1.92. The van der Waals surface area contributed by atoms with Crippen LogP contribution in [0.25, 0.3) is 0 Å². The highest BCUT2D eigenvalue weighted by Crippen LogP contribution is 2.38. The van der Waals surface area contributed by atoms with Crippen LogP contribution in [0.5, 0.6) is 11.5 Å². The summed E-state index contributed by atoms with van der Waals surface area (Å²) in [5.74, 6) is 1.51. The molecule has 6 nitrogen and oxygen atoms in total. The Labute approximate surface area is 203 Å². The molecule has 0 bridgehead atoms. The molecule has 0 aromatic heterocycles. The maximum Gasteiger partial charge on any atom is 0.262 e. The predicted octanol–water partition coefficient (Wildman–Crippen LogP) is 5.80. The zero-order valence-corrected chi connectivity index (χ0v) is 21.5. The van der Waals surface area contributed by atoms with E-state index in [1.54, 1.807) is 11.0 Å². The van der Waals surface area contributed by atoms with Crippen LogP contribution in [0.3, 0.4) is 0 Å². The van der Waals surface area contributed by atoms with Gasteiger partial charge < -0.3 is 19.7 Å². The summed E-state index contributed by atoms with van der Waals surface area (Å²) < 4.78 is 11.6. The van der Waals surface area contributed by atoms with Crippen molar-refractivity contribution in [1.82, 2.24) is 0 Å². The monoisotopic (exact) mass is 466 g/mol. The molecule has 6 heteroatoms. The van der Waals surface area contributed by atoms with E-state index >= 15 is 0 Å². The first-order valence-electron chi connectivity index (χ1n) is 12.0. The molecule has 34 heavy (non-hydrogen) atoms. The summed E-state index contributed by atoms with van der Waals surface area (Å²) in [6, 6.07) is 13.2. The van der Waals surface area contributed by atoms with Crippen molar-refractivity contribution in [2.75, 3.05) is 30.0 Å². The van der Waals surface area contributed by atoms with Crippen molar-refractivity contribution in [3.05, 3.63) is 48.0 Å². The van der Waals surface area contributed by atoms with Gasteiger partial charge in [-0.2, -0.15) is 0 Å². The Morgan fingerprint density at radius 2 is 1.82 bits per heavy atom. The fourth-order valence-electron chi connectivity index (χ4n) is 3.73. The normalized spacial score (nSPS) is 15.4. The molecule has 2 aromatic carbocycles. The number of hydrogen-bond donors (Lipinski definition) is 1.